The van der Waals surface area contributed by atoms with Crippen LogP contribution in [0.2, 0.25) is 5.02 Å². The van der Waals surface area contributed by atoms with E-state index in [1.165, 1.54) is 24.2 Å². The molecule has 0 bridgehead atoms. The first kappa shape index (κ1) is 14.5. The van der Waals surface area contributed by atoms with Crippen LogP contribution in [-0.4, -0.2) is 61.9 Å². The first-order valence-corrected chi connectivity index (χ1v) is 6.63. The number of aromatic nitrogens is 3. The van der Waals surface area contributed by atoms with Crippen molar-refractivity contribution in [2.45, 2.75) is 24.5 Å². The van der Waals surface area contributed by atoms with Gasteiger partial charge in [0.1, 0.15) is 24.6 Å². The Morgan fingerprint density at radius 3 is 2.76 bits per heavy atom. The van der Waals surface area contributed by atoms with Gasteiger partial charge in [0.25, 0.3) is 0 Å². The molecule has 2 aromatic rings. The fourth-order valence-electron chi connectivity index (χ4n) is 2.47. The minimum absolute atomic E-state index is 0.301. The topological polar surface area (TPSA) is 110 Å². The predicted octanol–water partition coefficient (Wildman–Crippen LogP) is -0.295. The Morgan fingerprint density at radius 1 is 1.38 bits per heavy atom. The van der Waals surface area contributed by atoms with E-state index >= 15 is 0 Å². The van der Waals surface area contributed by atoms with Crippen molar-refractivity contribution in [3.05, 3.63) is 17.5 Å². The van der Waals surface area contributed by atoms with Crippen LogP contribution in [0.1, 0.15) is 6.23 Å². The molecule has 3 N–H and O–H groups in total. The summed E-state index contributed by atoms with van der Waals surface area (Å²) >= 11 is 6.16. The summed E-state index contributed by atoms with van der Waals surface area (Å²) in [5.74, 6) is 0.301. The van der Waals surface area contributed by atoms with Crippen LogP contribution in [0.4, 0.5) is 0 Å². The average molecular weight is 316 g/mol. The van der Waals surface area contributed by atoms with Gasteiger partial charge in [0.15, 0.2) is 11.9 Å². The normalized spacial score (nSPS) is 29.2. The zero-order chi connectivity index (χ0) is 15.1. The Labute approximate surface area is 124 Å². The molecule has 2 aromatic heterocycles. The molecule has 1 saturated heterocycles. The van der Waals surface area contributed by atoms with Crippen LogP contribution in [-0.2, 0) is 4.74 Å². The predicted molar refractivity (Wildman–Crippen MR) is 72.1 cm³/mol. The van der Waals surface area contributed by atoms with Gasteiger partial charge in [0, 0.05) is 6.20 Å². The molecule has 1 aliphatic rings. The highest BCUT2D eigenvalue weighted by atomic mass is 35.5. The molecule has 0 radical (unpaired) electrons. The van der Waals surface area contributed by atoms with Crippen molar-refractivity contribution in [2.24, 2.45) is 0 Å². The van der Waals surface area contributed by atoms with E-state index in [2.05, 4.69) is 9.97 Å². The zero-order valence-electron chi connectivity index (χ0n) is 11.0. The van der Waals surface area contributed by atoms with E-state index < -0.39 is 31.1 Å². The molecule has 9 heteroatoms. The number of hydrogen-bond donors (Lipinski definition) is 3. The summed E-state index contributed by atoms with van der Waals surface area (Å²) in [5.41, 5.74) is 0.404. The molecule has 0 aliphatic carbocycles. The summed E-state index contributed by atoms with van der Waals surface area (Å²) < 4.78 is 12.1. The van der Waals surface area contributed by atoms with Crippen LogP contribution in [0.5, 0.6) is 5.88 Å². The third kappa shape index (κ3) is 2.16. The number of aliphatic hydroxyl groups is 3. The molecule has 8 nitrogen and oxygen atoms in total. The second kappa shape index (κ2) is 5.39. The van der Waals surface area contributed by atoms with Crippen molar-refractivity contribution < 1.29 is 24.8 Å². The van der Waals surface area contributed by atoms with Gasteiger partial charge in [-0.15, -0.1) is 0 Å². The number of hydrogen-bond acceptors (Lipinski definition) is 7. The molecule has 3 heterocycles. The monoisotopic (exact) mass is 315 g/mol. The Morgan fingerprint density at radius 2 is 2.14 bits per heavy atom. The standard InChI is InChI=1S/C12H14ClN3O5/c1-20-11-7-5(13)2-16(10(7)14-4-15-11)12-9(19)8(18)6(3-17)21-12/h2,4,6,8-9,12,17-19H,3H2,1H3/t6-,8-,9-,12-/m1/s1. The molecule has 0 unspecified atom stereocenters. The fourth-order valence-corrected chi connectivity index (χ4v) is 2.74. The summed E-state index contributed by atoms with van der Waals surface area (Å²) in [7, 11) is 1.46. The van der Waals surface area contributed by atoms with E-state index in [1.54, 1.807) is 0 Å². The molecule has 1 fully saturated rings. The van der Waals surface area contributed by atoms with Crippen LogP contribution in [0, 0.1) is 0 Å². The quantitative estimate of drug-likeness (QED) is 0.713. The van der Waals surface area contributed by atoms with Crippen molar-refractivity contribution >= 4 is 22.6 Å². The summed E-state index contributed by atoms with van der Waals surface area (Å²) in [5, 5.41) is 29.9. The number of ether oxygens (including phenoxy) is 2. The van der Waals surface area contributed by atoms with E-state index in [-0.39, 0.29) is 0 Å². The van der Waals surface area contributed by atoms with Gasteiger partial charge in [0.05, 0.1) is 24.1 Å². The number of nitrogens with zero attached hydrogens (tertiary/aromatic N) is 3. The molecule has 3 rings (SSSR count). The second-order valence-electron chi connectivity index (χ2n) is 4.69. The Bertz CT molecular complexity index is 664. The van der Waals surface area contributed by atoms with E-state index in [0.29, 0.717) is 21.9 Å². The number of fused-ring (bicyclic) bond motifs is 1. The highest BCUT2D eigenvalue weighted by Crippen LogP contribution is 2.37. The van der Waals surface area contributed by atoms with E-state index in [1.807, 2.05) is 0 Å². The van der Waals surface area contributed by atoms with Gasteiger partial charge in [-0.05, 0) is 0 Å². The zero-order valence-corrected chi connectivity index (χ0v) is 11.8. The Balaban J connectivity index is 2.10. The van der Waals surface area contributed by atoms with Crippen LogP contribution in [0.15, 0.2) is 12.5 Å². The SMILES string of the molecule is COc1ncnc2c1c(Cl)cn2[C@@H]1O[C@H](CO)[C@@H](O)[C@H]1O. The van der Waals surface area contributed by atoms with Crippen molar-refractivity contribution in [3.63, 3.8) is 0 Å². The number of halogens is 1. The number of aliphatic hydroxyl groups excluding tert-OH is 3. The minimum Gasteiger partial charge on any atom is -0.480 e. The average Bonchev–Trinajstić information content (AvgIpc) is 2.98. The third-order valence-corrected chi connectivity index (χ3v) is 3.80. The van der Waals surface area contributed by atoms with Gasteiger partial charge < -0.3 is 29.4 Å². The smallest absolute Gasteiger partial charge is 0.227 e. The van der Waals surface area contributed by atoms with Gasteiger partial charge in [-0.2, -0.15) is 0 Å². The van der Waals surface area contributed by atoms with Crippen molar-refractivity contribution in [1.82, 2.24) is 14.5 Å². The van der Waals surface area contributed by atoms with Crippen molar-refractivity contribution in [3.8, 4) is 5.88 Å². The summed E-state index contributed by atoms with van der Waals surface area (Å²) in [4.78, 5) is 8.09. The lowest BCUT2D eigenvalue weighted by Crippen LogP contribution is -2.33. The summed E-state index contributed by atoms with van der Waals surface area (Å²) in [6, 6.07) is 0. The van der Waals surface area contributed by atoms with Crippen LogP contribution >= 0.6 is 11.6 Å². The molecular formula is C12H14ClN3O5. The lowest BCUT2D eigenvalue weighted by Gasteiger charge is -2.17. The van der Waals surface area contributed by atoms with Gasteiger partial charge >= 0.3 is 0 Å². The fraction of sp³-hybridized carbons (Fsp3) is 0.500. The maximum absolute atomic E-state index is 10.1. The van der Waals surface area contributed by atoms with Crippen LogP contribution < -0.4 is 4.74 Å². The summed E-state index contributed by atoms with van der Waals surface area (Å²) in [6.45, 7) is -0.403. The molecule has 0 aromatic carbocycles. The van der Waals surface area contributed by atoms with Crippen LogP contribution in [0.3, 0.4) is 0 Å². The number of rotatable bonds is 3. The second-order valence-corrected chi connectivity index (χ2v) is 5.10. The van der Waals surface area contributed by atoms with Gasteiger partial charge in [0.2, 0.25) is 5.88 Å². The maximum atomic E-state index is 10.1. The maximum Gasteiger partial charge on any atom is 0.227 e. The molecular weight excluding hydrogens is 302 g/mol. The molecule has 114 valence electrons. The van der Waals surface area contributed by atoms with E-state index in [0.717, 1.165) is 0 Å². The highest BCUT2D eigenvalue weighted by Gasteiger charge is 2.44. The summed E-state index contributed by atoms with van der Waals surface area (Å²) in [6.07, 6.45) is -1.37. The first-order valence-electron chi connectivity index (χ1n) is 6.26. The lowest BCUT2D eigenvalue weighted by molar-refractivity contribution is -0.0508. The Kier molecular flexibility index (Phi) is 3.72. The third-order valence-electron chi connectivity index (χ3n) is 3.51. The van der Waals surface area contributed by atoms with Crippen molar-refractivity contribution in [2.75, 3.05) is 13.7 Å². The lowest BCUT2D eigenvalue weighted by atomic mass is 10.1. The highest BCUT2D eigenvalue weighted by molar-refractivity contribution is 6.35. The van der Waals surface area contributed by atoms with E-state index in [9.17, 15) is 10.2 Å². The first-order chi connectivity index (χ1) is 10.1. The van der Waals surface area contributed by atoms with E-state index in [4.69, 9.17) is 26.2 Å². The molecule has 0 spiro atoms. The van der Waals surface area contributed by atoms with Gasteiger partial charge in [-0.3, -0.25) is 0 Å². The van der Waals surface area contributed by atoms with Crippen LogP contribution in [0.25, 0.3) is 11.0 Å². The number of methoxy groups -OCH3 is 1. The molecule has 4 atom stereocenters. The largest absolute Gasteiger partial charge is 0.480 e. The Hall–Kier alpha value is -1.45. The molecule has 21 heavy (non-hydrogen) atoms. The molecule has 0 saturated carbocycles. The van der Waals surface area contributed by atoms with Gasteiger partial charge in [-0.1, -0.05) is 11.6 Å². The molecule has 0 amide bonds. The molecule has 1 aliphatic heterocycles. The van der Waals surface area contributed by atoms with Crippen molar-refractivity contribution in [1.29, 1.82) is 0 Å². The minimum atomic E-state index is -1.21. The van der Waals surface area contributed by atoms with Gasteiger partial charge in [-0.25, -0.2) is 9.97 Å².